The average Bonchev–Trinajstić information content (AvgIpc) is 3.98. The second kappa shape index (κ2) is 14.0. The molecular formula is C44H55FN4O8S. The number of carbonyl (C=O) groups excluding carboxylic acids is 4. The minimum absolute atomic E-state index is 0.0609. The third-order valence-electron chi connectivity index (χ3n) is 14.5. The average molecular weight is 819 g/mol. The number of para-hydroxylation sites is 1. The van der Waals surface area contributed by atoms with Crippen molar-refractivity contribution in [3.8, 4) is 5.75 Å². The van der Waals surface area contributed by atoms with E-state index >= 15 is 4.39 Å². The molecule has 14 heteroatoms. The standard InChI is InChI=1S/C44H55FN4O8S/c1-26(2)44(20-21-44)57-40(53)46-32-13-8-6-4-5-7-10-28-22-43(28,39(52)48-58(54,55)41(3)18-19-41)24-34(50)33-23-42(25-49(33)38(32)51)17-16-30-29-11-9-12-31(45)36(29)47-35(27-14-15-27)37(30)56-42/h7,9-12,26-28,32-33H,4-6,8,13-25H2,1-3H3,(H,46,53)(H,48,52)/b10-7-/t28-,32-,33+,42-,43-/m1/s1. The molecule has 4 aliphatic carbocycles. The molecule has 12 nitrogen and oxygen atoms in total. The zero-order chi connectivity index (χ0) is 40.8. The zero-order valence-corrected chi connectivity index (χ0v) is 34.6. The number of amides is 3. The Morgan fingerprint density at radius 1 is 1.03 bits per heavy atom. The van der Waals surface area contributed by atoms with Crippen LogP contribution >= 0.6 is 0 Å². The number of nitrogens with zero attached hydrogens (tertiary/aromatic N) is 2. The molecular weight excluding hydrogens is 764 g/mol. The number of halogens is 1. The number of alkyl carbamates (subject to hydrolysis) is 1. The van der Waals surface area contributed by atoms with Crippen LogP contribution in [0.3, 0.4) is 0 Å². The number of ether oxygens (including phenoxy) is 2. The maximum absolute atomic E-state index is 15.1. The first kappa shape index (κ1) is 39.4. The number of ketones is 1. The van der Waals surface area contributed by atoms with Gasteiger partial charge in [0, 0.05) is 29.7 Å². The summed E-state index contributed by atoms with van der Waals surface area (Å²) in [5, 5.41) is 3.58. The largest absolute Gasteiger partial charge is 0.483 e. The fourth-order valence-electron chi connectivity index (χ4n) is 9.79. The third-order valence-corrected chi connectivity index (χ3v) is 16.7. The lowest BCUT2D eigenvalue weighted by molar-refractivity contribution is -0.140. The number of allylic oxidation sites excluding steroid dienone is 2. The van der Waals surface area contributed by atoms with E-state index < -0.39 is 67.2 Å². The van der Waals surface area contributed by atoms with Crippen LogP contribution in [0.25, 0.3) is 10.9 Å². The van der Waals surface area contributed by atoms with Gasteiger partial charge in [-0.15, -0.1) is 0 Å². The summed E-state index contributed by atoms with van der Waals surface area (Å²) in [7, 11) is -3.97. The molecule has 0 unspecified atom stereocenters. The van der Waals surface area contributed by atoms with Crippen molar-refractivity contribution in [2.75, 3.05) is 6.54 Å². The Balaban J connectivity index is 1.06. The van der Waals surface area contributed by atoms with E-state index in [1.807, 2.05) is 32.1 Å². The van der Waals surface area contributed by atoms with Crippen LogP contribution < -0.4 is 14.8 Å². The van der Waals surface area contributed by atoms with Gasteiger partial charge in [0.25, 0.3) is 0 Å². The van der Waals surface area contributed by atoms with E-state index in [0.29, 0.717) is 67.3 Å². The quantitative estimate of drug-likeness (QED) is 0.291. The van der Waals surface area contributed by atoms with Gasteiger partial charge in [-0.05, 0) is 102 Å². The molecule has 1 aromatic heterocycles. The van der Waals surface area contributed by atoms with Gasteiger partial charge in [0.2, 0.25) is 21.8 Å². The van der Waals surface area contributed by atoms with Gasteiger partial charge in [-0.1, -0.05) is 51.0 Å². The van der Waals surface area contributed by atoms with Crippen LogP contribution in [-0.4, -0.2) is 76.6 Å². The normalized spacial score (nSPS) is 31.9. The summed E-state index contributed by atoms with van der Waals surface area (Å²) < 4.78 is 56.0. The number of hydrogen-bond donors (Lipinski definition) is 2. The highest BCUT2D eigenvalue weighted by atomic mass is 32.2. The number of benzene rings is 1. The van der Waals surface area contributed by atoms with Gasteiger partial charge < -0.3 is 19.7 Å². The summed E-state index contributed by atoms with van der Waals surface area (Å²) in [6.07, 6.45) is 12.0. The van der Waals surface area contributed by atoms with E-state index in [2.05, 4.69) is 10.0 Å². The molecule has 0 bridgehead atoms. The highest BCUT2D eigenvalue weighted by Crippen LogP contribution is 2.58. The lowest BCUT2D eigenvalue weighted by atomic mass is 9.85. The first-order valence-corrected chi connectivity index (χ1v) is 22.9. The van der Waals surface area contributed by atoms with Gasteiger partial charge in [0.1, 0.15) is 34.3 Å². The van der Waals surface area contributed by atoms with Crippen molar-refractivity contribution in [1.82, 2.24) is 19.9 Å². The maximum atomic E-state index is 15.1. The topological polar surface area (TPSA) is 161 Å². The van der Waals surface area contributed by atoms with Crippen molar-refractivity contribution >= 4 is 44.6 Å². The van der Waals surface area contributed by atoms with Crippen molar-refractivity contribution in [2.45, 2.75) is 157 Å². The van der Waals surface area contributed by atoms with Gasteiger partial charge >= 0.3 is 6.09 Å². The molecule has 7 aliphatic rings. The Labute approximate surface area is 339 Å². The van der Waals surface area contributed by atoms with Crippen LogP contribution in [0.4, 0.5) is 9.18 Å². The number of hydrogen-bond acceptors (Lipinski definition) is 9. The number of sulfonamides is 1. The fraction of sp³-hybridized carbons (Fsp3) is 0.659. The third kappa shape index (κ3) is 6.98. The summed E-state index contributed by atoms with van der Waals surface area (Å²) in [5.74, 6) is -1.34. The SMILES string of the molecule is CC(C)C1(OC(=O)N[C@@H]2CCCCC/C=C\[C@@H]3C[C@@]3(C(=O)NS(=O)(=O)C3(C)CC3)CC(=O)[C@@H]3C[C@]4(CCc5c(c(C6CC6)nc6c(F)cccc56)O4)CN3C2=O)CC1. The Morgan fingerprint density at radius 3 is 2.52 bits per heavy atom. The van der Waals surface area contributed by atoms with Gasteiger partial charge in [-0.3, -0.25) is 19.1 Å². The van der Waals surface area contributed by atoms with E-state index in [1.54, 1.807) is 17.9 Å². The highest BCUT2D eigenvalue weighted by molar-refractivity contribution is 7.91. The van der Waals surface area contributed by atoms with Gasteiger partial charge in [-0.25, -0.2) is 22.6 Å². The summed E-state index contributed by atoms with van der Waals surface area (Å²) >= 11 is 0. The van der Waals surface area contributed by atoms with Crippen LogP contribution in [-0.2, 0) is 35.6 Å². The Bertz CT molecular complexity index is 2210. The number of rotatable bonds is 7. The molecule has 1 saturated heterocycles. The second-order valence-electron chi connectivity index (χ2n) is 19.1. The molecule has 5 fully saturated rings. The highest BCUT2D eigenvalue weighted by Gasteiger charge is 2.63. The number of nitrogens with one attached hydrogen (secondary N) is 2. The fourth-order valence-corrected chi connectivity index (χ4v) is 11.1. The number of fused-ring (bicyclic) bond motifs is 5. The van der Waals surface area contributed by atoms with Crippen molar-refractivity contribution < 1.29 is 41.5 Å². The second-order valence-corrected chi connectivity index (χ2v) is 21.2. The van der Waals surface area contributed by atoms with Gasteiger partial charge in [0.05, 0.1) is 28.4 Å². The molecule has 1 aromatic carbocycles. The number of aromatic nitrogens is 1. The Hall–Kier alpha value is -4.07. The van der Waals surface area contributed by atoms with Crippen molar-refractivity contribution in [3.05, 3.63) is 47.4 Å². The van der Waals surface area contributed by atoms with E-state index in [9.17, 15) is 27.6 Å². The summed E-state index contributed by atoms with van der Waals surface area (Å²) in [5.41, 5.74) is -0.950. The predicted octanol–water partition coefficient (Wildman–Crippen LogP) is 6.68. The zero-order valence-electron chi connectivity index (χ0n) is 33.7. The molecule has 312 valence electrons. The van der Waals surface area contributed by atoms with E-state index in [1.165, 1.54) is 6.07 Å². The van der Waals surface area contributed by atoms with E-state index in [4.69, 9.17) is 14.5 Å². The molecule has 3 amide bonds. The lowest BCUT2D eigenvalue weighted by Gasteiger charge is -2.37. The van der Waals surface area contributed by atoms with Crippen LogP contribution in [0, 0.1) is 23.1 Å². The van der Waals surface area contributed by atoms with Crippen molar-refractivity contribution in [3.63, 3.8) is 0 Å². The predicted molar refractivity (Wildman–Crippen MR) is 213 cm³/mol. The molecule has 2 N–H and O–H groups in total. The lowest BCUT2D eigenvalue weighted by Crippen LogP contribution is -2.53. The molecule has 2 aromatic rings. The first-order chi connectivity index (χ1) is 27.6. The number of Topliss-reactive ketones (excluding diaryl/α,β-unsaturated/α-hetero) is 1. The molecule has 9 rings (SSSR count). The monoisotopic (exact) mass is 818 g/mol. The van der Waals surface area contributed by atoms with Crippen LogP contribution in [0.15, 0.2) is 30.4 Å². The molecule has 0 radical (unpaired) electrons. The molecule has 4 saturated carbocycles. The van der Waals surface area contributed by atoms with Crippen molar-refractivity contribution in [2.24, 2.45) is 17.3 Å². The maximum Gasteiger partial charge on any atom is 0.408 e. The number of aryl methyl sites for hydroxylation is 1. The number of pyridine rings is 1. The first-order valence-electron chi connectivity index (χ1n) is 21.4. The molecule has 3 aliphatic heterocycles. The molecule has 4 heterocycles. The van der Waals surface area contributed by atoms with Crippen LogP contribution in [0.1, 0.15) is 134 Å². The van der Waals surface area contributed by atoms with Crippen LogP contribution in [0.5, 0.6) is 5.75 Å². The smallest absolute Gasteiger partial charge is 0.408 e. The van der Waals surface area contributed by atoms with Crippen LogP contribution in [0.2, 0.25) is 0 Å². The summed E-state index contributed by atoms with van der Waals surface area (Å²) in [4.78, 5) is 63.8. The van der Waals surface area contributed by atoms with Crippen molar-refractivity contribution in [1.29, 1.82) is 0 Å². The minimum Gasteiger partial charge on any atom is -0.483 e. The summed E-state index contributed by atoms with van der Waals surface area (Å²) in [6, 6.07) is 2.95. The molecule has 58 heavy (non-hydrogen) atoms. The van der Waals surface area contributed by atoms with Gasteiger partial charge in [0.15, 0.2) is 5.78 Å². The minimum atomic E-state index is -3.97. The van der Waals surface area contributed by atoms with Gasteiger partial charge in [-0.2, -0.15) is 0 Å². The molecule has 5 atom stereocenters. The number of carbonyl (C=O) groups is 4. The summed E-state index contributed by atoms with van der Waals surface area (Å²) in [6.45, 7) is 5.70. The molecule has 1 spiro atoms. The van der Waals surface area contributed by atoms with E-state index in [0.717, 1.165) is 50.5 Å². The van der Waals surface area contributed by atoms with E-state index in [-0.39, 0.29) is 42.9 Å². The Morgan fingerprint density at radius 2 is 1.81 bits per heavy atom. The Kier molecular flexibility index (Phi) is 9.52.